The van der Waals surface area contributed by atoms with Crippen LogP contribution in [0.3, 0.4) is 0 Å². The fourth-order valence-electron chi connectivity index (χ4n) is 1.33. The van der Waals surface area contributed by atoms with Gasteiger partial charge in [0.05, 0.1) is 0 Å². The van der Waals surface area contributed by atoms with Gasteiger partial charge in [-0.05, 0) is 24.3 Å². The van der Waals surface area contributed by atoms with Crippen LogP contribution in [0, 0.1) is 0 Å². The molecule has 0 radical (unpaired) electrons. The van der Waals surface area contributed by atoms with E-state index in [1.807, 2.05) is 0 Å². The Hall–Kier alpha value is -2.41. The van der Waals surface area contributed by atoms with Gasteiger partial charge in [-0.3, -0.25) is 9.59 Å². The van der Waals surface area contributed by atoms with E-state index >= 15 is 0 Å². The molecule has 3 N–H and O–H groups in total. The van der Waals surface area contributed by atoms with E-state index in [0.717, 1.165) is 0 Å². The van der Waals surface area contributed by atoms with Crippen molar-refractivity contribution in [3.05, 3.63) is 35.3 Å². The number of benzene rings is 1. The van der Waals surface area contributed by atoms with Crippen molar-refractivity contribution in [2.24, 2.45) is 0 Å². The molecule has 0 saturated carbocycles. The molecule has 0 saturated heterocycles. The summed E-state index contributed by atoms with van der Waals surface area (Å²) in [5, 5.41) is 16.2. The van der Waals surface area contributed by atoms with Gasteiger partial charge in [0.25, 0.3) is 5.91 Å². The molecule has 2 aromatic rings. The van der Waals surface area contributed by atoms with Crippen molar-refractivity contribution >= 4 is 34.0 Å². The predicted molar refractivity (Wildman–Crippen MR) is 72.5 cm³/mol. The lowest BCUT2D eigenvalue weighted by Crippen LogP contribution is -2.12. The zero-order chi connectivity index (χ0) is 13.8. The van der Waals surface area contributed by atoms with Crippen molar-refractivity contribution in [3.63, 3.8) is 0 Å². The normalized spacial score (nSPS) is 9.95. The van der Waals surface area contributed by atoms with Gasteiger partial charge in [-0.2, -0.15) is 0 Å². The van der Waals surface area contributed by atoms with E-state index in [4.69, 9.17) is 5.11 Å². The van der Waals surface area contributed by atoms with E-state index in [-0.39, 0.29) is 23.3 Å². The van der Waals surface area contributed by atoms with Gasteiger partial charge in [0.2, 0.25) is 5.91 Å². The predicted octanol–water partition coefficient (Wildman–Crippen LogP) is 2.06. The van der Waals surface area contributed by atoms with Crippen molar-refractivity contribution < 1.29 is 14.7 Å². The van der Waals surface area contributed by atoms with Gasteiger partial charge >= 0.3 is 0 Å². The number of anilines is 2. The lowest BCUT2D eigenvalue weighted by molar-refractivity contribution is -0.114. The summed E-state index contributed by atoms with van der Waals surface area (Å²) >= 11 is 1.18. The Morgan fingerprint density at radius 1 is 1.21 bits per heavy atom. The number of hydrogen-bond donors (Lipinski definition) is 3. The Balaban J connectivity index is 2.05. The highest BCUT2D eigenvalue weighted by Crippen LogP contribution is 2.18. The van der Waals surface area contributed by atoms with E-state index in [0.29, 0.717) is 10.8 Å². The van der Waals surface area contributed by atoms with Crippen molar-refractivity contribution in [1.29, 1.82) is 0 Å². The summed E-state index contributed by atoms with van der Waals surface area (Å²) in [7, 11) is 0. The van der Waals surface area contributed by atoms with Crippen LogP contribution in [0.4, 0.5) is 10.8 Å². The quantitative estimate of drug-likeness (QED) is 0.749. The number of phenols is 1. The molecule has 1 aromatic heterocycles. The molecule has 2 amide bonds. The Kier molecular flexibility index (Phi) is 3.76. The smallest absolute Gasteiger partial charge is 0.275 e. The number of aromatic nitrogens is 1. The minimum absolute atomic E-state index is 0.125. The Morgan fingerprint density at radius 2 is 1.89 bits per heavy atom. The van der Waals surface area contributed by atoms with Gasteiger partial charge in [0.15, 0.2) is 5.13 Å². The van der Waals surface area contributed by atoms with Crippen molar-refractivity contribution in [2.75, 3.05) is 10.6 Å². The number of aromatic hydroxyl groups is 1. The van der Waals surface area contributed by atoms with Crippen molar-refractivity contribution in [1.82, 2.24) is 4.98 Å². The van der Waals surface area contributed by atoms with Crippen LogP contribution in [0.15, 0.2) is 29.6 Å². The van der Waals surface area contributed by atoms with Crippen LogP contribution < -0.4 is 10.6 Å². The topological polar surface area (TPSA) is 91.3 Å². The second-order valence-corrected chi connectivity index (χ2v) is 4.58. The fraction of sp³-hybridized carbons (Fsp3) is 0.0833. The van der Waals surface area contributed by atoms with E-state index in [1.165, 1.54) is 30.4 Å². The molecule has 0 unspecified atom stereocenters. The molecule has 0 spiro atoms. The number of thiazole rings is 1. The zero-order valence-corrected chi connectivity index (χ0v) is 10.8. The Morgan fingerprint density at radius 3 is 2.53 bits per heavy atom. The van der Waals surface area contributed by atoms with E-state index < -0.39 is 0 Å². The summed E-state index contributed by atoms with van der Waals surface area (Å²) in [6, 6.07) is 6.10. The van der Waals surface area contributed by atoms with Gasteiger partial charge in [0, 0.05) is 18.0 Å². The molecule has 2 rings (SSSR count). The van der Waals surface area contributed by atoms with Gasteiger partial charge in [0.1, 0.15) is 11.4 Å². The average molecular weight is 277 g/mol. The van der Waals surface area contributed by atoms with Crippen molar-refractivity contribution in [3.8, 4) is 5.75 Å². The molecule has 1 heterocycles. The van der Waals surface area contributed by atoms with Crippen LogP contribution in [-0.4, -0.2) is 21.9 Å². The zero-order valence-electron chi connectivity index (χ0n) is 10.0. The molecular formula is C12H11N3O3S. The van der Waals surface area contributed by atoms with Crippen molar-refractivity contribution in [2.45, 2.75) is 6.92 Å². The Labute approximate surface area is 113 Å². The van der Waals surface area contributed by atoms with Gasteiger partial charge in [-0.15, -0.1) is 11.3 Å². The molecule has 0 bridgehead atoms. The first-order chi connectivity index (χ1) is 9.04. The number of phenolic OH excluding ortho intramolecular Hbond substituents is 1. The molecule has 7 heteroatoms. The molecule has 0 fully saturated rings. The largest absolute Gasteiger partial charge is 0.508 e. The lowest BCUT2D eigenvalue weighted by Gasteiger charge is -2.02. The first kappa shape index (κ1) is 13.0. The van der Waals surface area contributed by atoms with Crippen LogP contribution >= 0.6 is 11.3 Å². The van der Waals surface area contributed by atoms with Crippen LogP contribution in [-0.2, 0) is 4.79 Å². The monoisotopic (exact) mass is 277 g/mol. The SMILES string of the molecule is CC(=O)Nc1nc(C(=O)Nc2ccc(O)cc2)cs1. The number of rotatable bonds is 3. The molecule has 19 heavy (non-hydrogen) atoms. The number of carbonyl (C=O) groups is 2. The number of carbonyl (C=O) groups excluding carboxylic acids is 2. The summed E-state index contributed by atoms with van der Waals surface area (Å²) in [5.74, 6) is -0.488. The van der Waals surface area contributed by atoms with Gasteiger partial charge < -0.3 is 15.7 Å². The highest BCUT2D eigenvalue weighted by molar-refractivity contribution is 7.14. The maximum atomic E-state index is 11.9. The summed E-state index contributed by atoms with van der Waals surface area (Å²) in [5.41, 5.74) is 0.777. The van der Waals surface area contributed by atoms with E-state index in [2.05, 4.69) is 15.6 Å². The number of nitrogens with zero attached hydrogens (tertiary/aromatic N) is 1. The maximum absolute atomic E-state index is 11.9. The minimum Gasteiger partial charge on any atom is -0.508 e. The summed E-state index contributed by atoms with van der Waals surface area (Å²) in [4.78, 5) is 26.7. The van der Waals surface area contributed by atoms with Crippen LogP contribution in [0.1, 0.15) is 17.4 Å². The average Bonchev–Trinajstić information content (AvgIpc) is 2.80. The van der Waals surface area contributed by atoms with Crippen LogP contribution in [0.25, 0.3) is 0 Å². The van der Waals surface area contributed by atoms with Gasteiger partial charge in [-0.25, -0.2) is 4.98 Å². The lowest BCUT2D eigenvalue weighted by atomic mass is 10.3. The second-order valence-electron chi connectivity index (χ2n) is 3.72. The van der Waals surface area contributed by atoms with Crippen LogP contribution in [0.2, 0.25) is 0 Å². The highest BCUT2D eigenvalue weighted by atomic mass is 32.1. The third-order valence-electron chi connectivity index (χ3n) is 2.14. The number of amides is 2. The summed E-state index contributed by atoms with van der Waals surface area (Å²) in [6.07, 6.45) is 0. The number of hydrogen-bond acceptors (Lipinski definition) is 5. The fourth-order valence-corrected chi connectivity index (χ4v) is 2.06. The molecular weight excluding hydrogens is 266 g/mol. The molecule has 6 nitrogen and oxygen atoms in total. The highest BCUT2D eigenvalue weighted by Gasteiger charge is 2.11. The molecule has 0 atom stereocenters. The Bertz CT molecular complexity index is 607. The van der Waals surface area contributed by atoms with Gasteiger partial charge in [-0.1, -0.05) is 0 Å². The molecule has 0 aliphatic carbocycles. The first-order valence-corrected chi connectivity index (χ1v) is 6.26. The van der Waals surface area contributed by atoms with Crippen LogP contribution in [0.5, 0.6) is 5.75 Å². The molecule has 0 aliphatic heterocycles. The third-order valence-corrected chi connectivity index (χ3v) is 2.90. The third kappa shape index (κ3) is 3.52. The van der Waals surface area contributed by atoms with E-state index in [1.54, 1.807) is 17.5 Å². The maximum Gasteiger partial charge on any atom is 0.275 e. The molecule has 98 valence electrons. The first-order valence-electron chi connectivity index (χ1n) is 5.38. The molecule has 0 aliphatic rings. The standard InChI is InChI=1S/C12H11N3O3S/c1-7(16)13-12-15-10(6-19-12)11(18)14-8-2-4-9(17)5-3-8/h2-6,17H,1H3,(H,14,18)(H,13,15,16). The second kappa shape index (κ2) is 5.49. The molecule has 1 aromatic carbocycles. The summed E-state index contributed by atoms with van der Waals surface area (Å²) in [6.45, 7) is 1.37. The number of nitrogens with one attached hydrogen (secondary N) is 2. The van der Waals surface area contributed by atoms with E-state index in [9.17, 15) is 9.59 Å². The minimum atomic E-state index is -0.376. The summed E-state index contributed by atoms with van der Waals surface area (Å²) < 4.78 is 0.